The van der Waals surface area contributed by atoms with E-state index in [1.807, 2.05) is 9.80 Å². The number of likely N-dealkylation sites (N-methyl/N-ethyl adjacent to an activating group) is 1. The van der Waals surface area contributed by atoms with Gasteiger partial charge in [0.05, 0.1) is 13.2 Å². The van der Waals surface area contributed by atoms with E-state index in [1.165, 1.54) is 6.42 Å². The van der Waals surface area contributed by atoms with Gasteiger partial charge >= 0.3 is 0 Å². The highest BCUT2D eigenvalue weighted by atomic mass is 16.5. The smallest absolute Gasteiger partial charge is 0.236 e. The van der Waals surface area contributed by atoms with E-state index < -0.39 is 0 Å². The fourth-order valence-corrected chi connectivity index (χ4v) is 4.78. The molecule has 0 aromatic heterocycles. The molecule has 1 atom stereocenters. The molecule has 3 aliphatic heterocycles. The van der Waals surface area contributed by atoms with E-state index in [0.29, 0.717) is 26.1 Å². The van der Waals surface area contributed by atoms with Crippen molar-refractivity contribution in [3.05, 3.63) is 0 Å². The lowest BCUT2D eigenvalue weighted by Gasteiger charge is -2.49. The molecule has 1 spiro atoms. The van der Waals surface area contributed by atoms with Gasteiger partial charge in [0, 0.05) is 64.9 Å². The molecule has 0 aromatic carbocycles. The van der Waals surface area contributed by atoms with Gasteiger partial charge in [0.1, 0.15) is 0 Å². The normalized spacial score (nSPS) is 28.6. The Labute approximate surface area is 163 Å². The number of nitrogens with zero attached hydrogens (tertiary/aromatic N) is 4. The average Bonchev–Trinajstić information content (AvgIpc) is 2.84. The molecule has 3 heterocycles. The Bertz CT molecular complexity index is 523. The fourth-order valence-electron chi connectivity index (χ4n) is 4.78. The molecule has 3 rings (SSSR count). The van der Waals surface area contributed by atoms with Gasteiger partial charge in [-0.2, -0.15) is 0 Å². The van der Waals surface area contributed by atoms with Gasteiger partial charge in [0.2, 0.25) is 11.8 Å². The summed E-state index contributed by atoms with van der Waals surface area (Å²) in [6.07, 6.45) is 5.94. The summed E-state index contributed by atoms with van der Waals surface area (Å²) in [5, 5.41) is 0. The topological polar surface area (TPSA) is 56.3 Å². The predicted molar refractivity (Wildman–Crippen MR) is 105 cm³/mol. The van der Waals surface area contributed by atoms with Crippen molar-refractivity contribution in [3.63, 3.8) is 0 Å². The molecule has 154 valence electrons. The van der Waals surface area contributed by atoms with E-state index in [9.17, 15) is 9.59 Å². The van der Waals surface area contributed by atoms with Gasteiger partial charge in [0.25, 0.3) is 0 Å². The fraction of sp³-hybridized carbons (Fsp3) is 0.900. The zero-order chi connectivity index (χ0) is 19.3. The van der Waals surface area contributed by atoms with Crippen LogP contribution >= 0.6 is 0 Å². The molecule has 7 heteroatoms. The van der Waals surface area contributed by atoms with E-state index in [4.69, 9.17) is 4.74 Å². The van der Waals surface area contributed by atoms with Crippen LogP contribution < -0.4 is 0 Å². The lowest BCUT2D eigenvalue weighted by Crippen LogP contribution is -2.62. The molecule has 3 fully saturated rings. The second-order valence-electron chi connectivity index (χ2n) is 8.42. The van der Waals surface area contributed by atoms with Crippen molar-refractivity contribution in [2.45, 2.75) is 44.1 Å². The van der Waals surface area contributed by atoms with Crippen LogP contribution in [0.3, 0.4) is 0 Å². The number of piperidine rings is 1. The Hall–Kier alpha value is -1.18. The molecular weight excluding hydrogens is 344 g/mol. The molecule has 7 nitrogen and oxygen atoms in total. The summed E-state index contributed by atoms with van der Waals surface area (Å²) < 4.78 is 5.16. The van der Waals surface area contributed by atoms with Gasteiger partial charge in [-0.1, -0.05) is 0 Å². The number of piperazine rings is 1. The van der Waals surface area contributed by atoms with E-state index in [-0.39, 0.29) is 17.4 Å². The molecule has 3 saturated heterocycles. The highest BCUT2D eigenvalue weighted by Crippen LogP contribution is 2.32. The summed E-state index contributed by atoms with van der Waals surface area (Å²) in [4.78, 5) is 33.9. The first kappa shape index (κ1) is 20.6. The minimum absolute atomic E-state index is 0.00207. The summed E-state index contributed by atoms with van der Waals surface area (Å²) in [6.45, 7) is 7.17. The first-order chi connectivity index (χ1) is 13.0. The first-order valence-electron chi connectivity index (χ1n) is 10.5. The van der Waals surface area contributed by atoms with Gasteiger partial charge in [-0.05, 0) is 39.2 Å². The van der Waals surface area contributed by atoms with Crippen LogP contribution in [0.25, 0.3) is 0 Å². The number of ether oxygens (including phenoxy) is 1. The Morgan fingerprint density at radius 3 is 2.59 bits per heavy atom. The Kier molecular flexibility index (Phi) is 7.11. The molecule has 0 saturated carbocycles. The maximum Gasteiger partial charge on any atom is 0.236 e. The monoisotopic (exact) mass is 380 g/mol. The molecular formula is C20H36N4O3. The van der Waals surface area contributed by atoms with E-state index >= 15 is 0 Å². The maximum absolute atomic E-state index is 12.7. The first-order valence-corrected chi connectivity index (χ1v) is 10.5. The molecule has 0 bridgehead atoms. The molecule has 0 aliphatic carbocycles. The number of likely N-dealkylation sites (tertiary alicyclic amines) is 2. The van der Waals surface area contributed by atoms with Crippen LogP contribution in [0.5, 0.6) is 0 Å². The zero-order valence-electron chi connectivity index (χ0n) is 17.1. The molecule has 3 aliphatic rings. The van der Waals surface area contributed by atoms with Crippen LogP contribution in [-0.4, -0.2) is 110 Å². The van der Waals surface area contributed by atoms with Crippen LogP contribution in [-0.2, 0) is 14.3 Å². The summed E-state index contributed by atoms with van der Waals surface area (Å²) in [5.41, 5.74) is -0.00207. The SMILES string of the molecule is COCCN1CC[C@]2(CCC1=O)CN(CC(=O)N1CCCCC1)CCN2C. The molecule has 0 unspecified atom stereocenters. The van der Waals surface area contributed by atoms with Crippen molar-refractivity contribution >= 4 is 11.8 Å². The molecule has 0 N–H and O–H groups in total. The predicted octanol–water partition coefficient (Wildman–Crippen LogP) is 0.644. The van der Waals surface area contributed by atoms with Gasteiger partial charge in [-0.3, -0.25) is 19.4 Å². The van der Waals surface area contributed by atoms with Crippen molar-refractivity contribution in [1.82, 2.24) is 19.6 Å². The van der Waals surface area contributed by atoms with Gasteiger partial charge in [0.15, 0.2) is 0 Å². The van der Waals surface area contributed by atoms with Crippen LogP contribution in [0, 0.1) is 0 Å². The third kappa shape index (κ3) is 5.00. The van der Waals surface area contributed by atoms with Crippen molar-refractivity contribution in [3.8, 4) is 0 Å². The average molecular weight is 381 g/mol. The van der Waals surface area contributed by atoms with Crippen LogP contribution in [0.2, 0.25) is 0 Å². The number of carbonyl (C=O) groups is 2. The lowest BCUT2D eigenvalue weighted by atomic mass is 9.86. The lowest BCUT2D eigenvalue weighted by molar-refractivity contribution is -0.135. The number of amides is 2. The quantitative estimate of drug-likeness (QED) is 0.701. The van der Waals surface area contributed by atoms with Crippen LogP contribution in [0.15, 0.2) is 0 Å². The van der Waals surface area contributed by atoms with Crippen LogP contribution in [0.4, 0.5) is 0 Å². The summed E-state index contributed by atoms with van der Waals surface area (Å²) in [6, 6.07) is 0. The standard InChI is InChI=1S/C20H36N4O3/c1-21-12-13-22(16-19(26)23-9-4-3-5-10-23)17-20(21)7-6-18(25)24(11-8-20)14-15-27-2/h3-17H2,1-2H3/t20-/m1/s1. The van der Waals surface area contributed by atoms with Crippen molar-refractivity contribution in [2.75, 3.05) is 73.1 Å². The number of rotatable bonds is 5. The van der Waals surface area contributed by atoms with Crippen molar-refractivity contribution in [1.29, 1.82) is 0 Å². The third-order valence-corrected chi connectivity index (χ3v) is 6.72. The summed E-state index contributed by atoms with van der Waals surface area (Å²) >= 11 is 0. The Morgan fingerprint density at radius 1 is 1.07 bits per heavy atom. The van der Waals surface area contributed by atoms with Crippen LogP contribution in [0.1, 0.15) is 38.5 Å². The zero-order valence-corrected chi connectivity index (χ0v) is 17.1. The minimum atomic E-state index is -0.00207. The summed E-state index contributed by atoms with van der Waals surface area (Å²) in [7, 11) is 3.86. The Morgan fingerprint density at radius 2 is 1.85 bits per heavy atom. The molecule has 27 heavy (non-hydrogen) atoms. The summed E-state index contributed by atoms with van der Waals surface area (Å²) in [5.74, 6) is 0.514. The van der Waals surface area contributed by atoms with Crippen molar-refractivity contribution in [2.24, 2.45) is 0 Å². The molecule has 0 aromatic rings. The number of carbonyl (C=O) groups excluding carboxylic acids is 2. The second kappa shape index (κ2) is 9.34. The number of hydrogen-bond donors (Lipinski definition) is 0. The molecule has 0 radical (unpaired) electrons. The number of hydrogen-bond acceptors (Lipinski definition) is 5. The Balaban J connectivity index is 1.60. The van der Waals surface area contributed by atoms with E-state index in [0.717, 1.165) is 65.0 Å². The largest absolute Gasteiger partial charge is 0.383 e. The van der Waals surface area contributed by atoms with Gasteiger partial charge < -0.3 is 14.5 Å². The highest BCUT2D eigenvalue weighted by molar-refractivity contribution is 5.78. The van der Waals surface area contributed by atoms with E-state index in [1.54, 1.807) is 7.11 Å². The maximum atomic E-state index is 12.7. The van der Waals surface area contributed by atoms with E-state index in [2.05, 4.69) is 16.8 Å². The number of methoxy groups -OCH3 is 1. The second-order valence-corrected chi connectivity index (χ2v) is 8.42. The third-order valence-electron chi connectivity index (χ3n) is 6.72. The molecule has 2 amide bonds. The highest BCUT2D eigenvalue weighted by Gasteiger charge is 2.42. The van der Waals surface area contributed by atoms with Gasteiger partial charge in [-0.15, -0.1) is 0 Å². The van der Waals surface area contributed by atoms with Gasteiger partial charge in [-0.25, -0.2) is 0 Å². The van der Waals surface area contributed by atoms with Crippen molar-refractivity contribution < 1.29 is 14.3 Å². The minimum Gasteiger partial charge on any atom is -0.383 e.